The van der Waals surface area contributed by atoms with Crippen molar-refractivity contribution in [1.82, 2.24) is 15.1 Å². The first-order valence-corrected chi connectivity index (χ1v) is 9.21. The fraction of sp³-hybridized carbons (Fsp3) is 0.412. The molecule has 2 heterocycles. The summed E-state index contributed by atoms with van der Waals surface area (Å²) in [4.78, 5) is 28.1. The molecule has 1 aliphatic rings. The van der Waals surface area contributed by atoms with Gasteiger partial charge in [0.15, 0.2) is 0 Å². The topological polar surface area (TPSA) is 78.4 Å². The first-order valence-electron chi connectivity index (χ1n) is 8.39. The quantitative estimate of drug-likeness (QED) is 0.863. The number of aromatic nitrogens is 2. The molecule has 1 aromatic carbocycles. The van der Waals surface area contributed by atoms with Crippen LogP contribution in [0.1, 0.15) is 17.8 Å². The number of rotatable bonds is 5. The minimum Gasteiger partial charge on any atom is -0.368 e. The van der Waals surface area contributed by atoms with Gasteiger partial charge in [-0.05, 0) is 31.2 Å². The van der Waals surface area contributed by atoms with E-state index in [2.05, 4.69) is 20.4 Å². The van der Waals surface area contributed by atoms with Gasteiger partial charge in [0.25, 0.3) is 0 Å². The van der Waals surface area contributed by atoms with Gasteiger partial charge in [-0.2, -0.15) is 0 Å². The molecule has 0 unspecified atom stereocenters. The van der Waals surface area contributed by atoms with Crippen molar-refractivity contribution in [3.8, 4) is 0 Å². The van der Waals surface area contributed by atoms with Crippen molar-refractivity contribution in [3.63, 3.8) is 0 Å². The zero-order valence-electron chi connectivity index (χ0n) is 14.4. The summed E-state index contributed by atoms with van der Waals surface area (Å²) in [6.07, 6.45) is 0.288. The molecule has 1 N–H and O–H groups in total. The summed E-state index contributed by atoms with van der Waals surface area (Å²) < 4.78 is 13.0. The van der Waals surface area contributed by atoms with Crippen LogP contribution in [0, 0.1) is 12.7 Å². The van der Waals surface area contributed by atoms with E-state index in [1.165, 1.54) is 23.5 Å². The van der Waals surface area contributed by atoms with E-state index >= 15 is 0 Å². The summed E-state index contributed by atoms with van der Waals surface area (Å²) >= 11 is 1.30. The van der Waals surface area contributed by atoms with Crippen LogP contribution in [-0.4, -0.2) is 53.1 Å². The Bertz CT molecular complexity index is 772. The highest BCUT2D eigenvalue weighted by molar-refractivity contribution is 7.15. The Balaban J connectivity index is 1.42. The van der Waals surface area contributed by atoms with Gasteiger partial charge in [-0.1, -0.05) is 11.3 Å². The van der Waals surface area contributed by atoms with Crippen molar-refractivity contribution in [2.45, 2.75) is 19.8 Å². The molecule has 26 heavy (non-hydrogen) atoms. The number of hydrogen-bond acceptors (Lipinski definition) is 6. The third-order valence-corrected chi connectivity index (χ3v) is 4.92. The number of carbonyl (C=O) groups excluding carboxylic acids is 2. The lowest BCUT2D eigenvalue weighted by Crippen LogP contribution is -2.48. The number of nitrogens with zero attached hydrogens (tertiary/aromatic N) is 4. The first-order chi connectivity index (χ1) is 12.5. The zero-order valence-corrected chi connectivity index (χ0v) is 15.3. The van der Waals surface area contributed by atoms with Crippen LogP contribution >= 0.6 is 11.3 Å². The van der Waals surface area contributed by atoms with E-state index in [0.29, 0.717) is 31.3 Å². The molecule has 0 saturated carbocycles. The monoisotopic (exact) mass is 377 g/mol. The van der Waals surface area contributed by atoms with Crippen molar-refractivity contribution in [2.75, 3.05) is 36.4 Å². The molecule has 1 saturated heterocycles. The highest BCUT2D eigenvalue weighted by atomic mass is 32.1. The molecular formula is C17H20FN5O2S. The Hall–Kier alpha value is -2.55. The van der Waals surface area contributed by atoms with Gasteiger partial charge in [0.1, 0.15) is 10.8 Å². The summed E-state index contributed by atoms with van der Waals surface area (Å²) in [5.41, 5.74) is 0.949. The SMILES string of the molecule is Cc1nnc(NC(=O)CCC(=O)N2CCN(c3ccc(F)cc3)CC2)s1. The van der Waals surface area contributed by atoms with Crippen molar-refractivity contribution in [3.05, 3.63) is 35.1 Å². The van der Waals surface area contributed by atoms with Crippen LogP contribution in [0.2, 0.25) is 0 Å². The molecule has 0 bridgehead atoms. The Labute approximate surface area is 154 Å². The van der Waals surface area contributed by atoms with E-state index in [4.69, 9.17) is 0 Å². The molecule has 0 atom stereocenters. The average molecular weight is 377 g/mol. The van der Waals surface area contributed by atoms with Crippen LogP contribution in [0.25, 0.3) is 0 Å². The van der Waals surface area contributed by atoms with Gasteiger partial charge in [-0.3, -0.25) is 9.59 Å². The Morgan fingerprint density at radius 1 is 1.12 bits per heavy atom. The molecule has 1 aromatic heterocycles. The molecule has 3 rings (SSSR count). The van der Waals surface area contributed by atoms with E-state index in [9.17, 15) is 14.0 Å². The standard InChI is InChI=1S/C17H20FN5O2S/c1-12-20-21-17(26-12)19-15(24)6-7-16(25)23-10-8-22(9-11-23)14-4-2-13(18)3-5-14/h2-5H,6-11H2,1H3,(H,19,21,24). The third kappa shape index (κ3) is 4.75. The number of halogens is 1. The predicted octanol–water partition coefficient (Wildman–Crippen LogP) is 2.05. The average Bonchev–Trinajstić information content (AvgIpc) is 3.05. The maximum atomic E-state index is 13.0. The van der Waals surface area contributed by atoms with Crippen LogP contribution < -0.4 is 10.2 Å². The number of carbonyl (C=O) groups is 2. The van der Waals surface area contributed by atoms with Gasteiger partial charge in [-0.15, -0.1) is 10.2 Å². The van der Waals surface area contributed by atoms with Crippen LogP contribution in [0.5, 0.6) is 0 Å². The van der Waals surface area contributed by atoms with Crippen LogP contribution in [-0.2, 0) is 9.59 Å². The summed E-state index contributed by atoms with van der Waals surface area (Å²) in [5, 5.41) is 11.5. The fourth-order valence-electron chi connectivity index (χ4n) is 2.77. The second-order valence-electron chi connectivity index (χ2n) is 6.02. The predicted molar refractivity (Wildman–Crippen MR) is 97.7 cm³/mol. The molecule has 2 aromatic rings. The van der Waals surface area contributed by atoms with Crippen molar-refractivity contribution < 1.29 is 14.0 Å². The lowest BCUT2D eigenvalue weighted by molar-refractivity contribution is -0.133. The van der Waals surface area contributed by atoms with Gasteiger partial charge >= 0.3 is 0 Å². The summed E-state index contributed by atoms with van der Waals surface area (Å²) in [7, 11) is 0. The van der Waals surface area contributed by atoms with Gasteiger partial charge < -0.3 is 15.1 Å². The van der Waals surface area contributed by atoms with Crippen molar-refractivity contribution >= 4 is 34.0 Å². The van der Waals surface area contributed by atoms with Crippen LogP contribution in [0.4, 0.5) is 15.2 Å². The van der Waals surface area contributed by atoms with E-state index in [1.54, 1.807) is 17.0 Å². The molecule has 9 heteroatoms. The lowest BCUT2D eigenvalue weighted by atomic mass is 10.2. The molecule has 1 fully saturated rings. The molecule has 1 aliphatic heterocycles. The molecule has 7 nitrogen and oxygen atoms in total. The largest absolute Gasteiger partial charge is 0.368 e. The summed E-state index contributed by atoms with van der Waals surface area (Å²) in [6.45, 7) is 4.37. The first kappa shape index (κ1) is 18.2. The minimum atomic E-state index is -0.260. The molecule has 2 amide bonds. The normalized spacial score (nSPS) is 14.4. The van der Waals surface area contributed by atoms with Gasteiger partial charge in [0.05, 0.1) is 0 Å². The highest BCUT2D eigenvalue weighted by Gasteiger charge is 2.22. The van der Waals surface area contributed by atoms with Crippen molar-refractivity contribution in [2.24, 2.45) is 0 Å². The Kier molecular flexibility index (Phi) is 5.77. The smallest absolute Gasteiger partial charge is 0.226 e. The second-order valence-corrected chi connectivity index (χ2v) is 7.20. The molecule has 0 radical (unpaired) electrons. The Morgan fingerprint density at radius 3 is 2.42 bits per heavy atom. The van der Waals surface area contributed by atoms with Crippen LogP contribution in [0.3, 0.4) is 0 Å². The lowest BCUT2D eigenvalue weighted by Gasteiger charge is -2.36. The van der Waals surface area contributed by atoms with E-state index in [1.807, 2.05) is 6.92 Å². The fourth-order valence-corrected chi connectivity index (χ4v) is 3.38. The van der Waals surface area contributed by atoms with Gasteiger partial charge in [0.2, 0.25) is 16.9 Å². The van der Waals surface area contributed by atoms with Gasteiger partial charge in [0, 0.05) is 44.7 Å². The molecular weight excluding hydrogens is 357 g/mol. The number of anilines is 2. The highest BCUT2D eigenvalue weighted by Crippen LogP contribution is 2.18. The van der Waals surface area contributed by atoms with E-state index in [0.717, 1.165) is 10.7 Å². The zero-order chi connectivity index (χ0) is 18.5. The maximum absolute atomic E-state index is 13.0. The number of hydrogen-bond donors (Lipinski definition) is 1. The summed E-state index contributed by atoms with van der Waals surface area (Å²) in [5.74, 6) is -0.531. The second kappa shape index (κ2) is 8.22. The van der Waals surface area contributed by atoms with Gasteiger partial charge in [-0.25, -0.2) is 4.39 Å². The Morgan fingerprint density at radius 2 is 1.81 bits per heavy atom. The number of aryl methyl sites for hydroxylation is 1. The molecule has 138 valence electrons. The van der Waals surface area contributed by atoms with Crippen LogP contribution in [0.15, 0.2) is 24.3 Å². The van der Waals surface area contributed by atoms with Crippen molar-refractivity contribution in [1.29, 1.82) is 0 Å². The number of benzene rings is 1. The van der Waals surface area contributed by atoms with E-state index in [-0.39, 0.29) is 30.5 Å². The number of amides is 2. The molecule has 0 spiro atoms. The molecule has 0 aliphatic carbocycles. The third-order valence-electron chi connectivity index (χ3n) is 4.16. The number of nitrogens with one attached hydrogen (secondary N) is 1. The maximum Gasteiger partial charge on any atom is 0.226 e. The van der Waals surface area contributed by atoms with E-state index < -0.39 is 0 Å². The summed E-state index contributed by atoms with van der Waals surface area (Å²) in [6, 6.07) is 6.36. The minimum absolute atomic E-state index is 0.0349. The number of piperazine rings is 1.